The van der Waals surface area contributed by atoms with Crippen LogP contribution in [0.4, 0.5) is 60.5 Å². The molecule has 3 aromatic heterocycles. The highest BCUT2D eigenvalue weighted by Gasteiger charge is 2.33. The van der Waals surface area contributed by atoms with Crippen molar-refractivity contribution in [2.75, 3.05) is 48.9 Å². The van der Waals surface area contributed by atoms with Gasteiger partial charge in [-0.3, -0.25) is 19.1 Å². The second-order valence-electron chi connectivity index (χ2n) is 22.7. The fraction of sp³-hybridized carbons (Fsp3) is 0.230. The average Bonchev–Trinajstić information content (AvgIpc) is 1.82. The summed E-state index contributed by atoms with van der Waals surface area (Å²) < 4.78 is 129. The van der Waals surface area contributed by atoms with Crippen molar-refractivity contribution >= 4 is 77.0 Å². The smallest absolute Gasteiger partial charge is 0.416 e. The second kappa shape index (κ2) is 32.3. The molecule has 2 aliphatic heterocycles. The number of nitrogens with one attached hydrogen (secondary N) is 4. The van der Waals surface area contributed by atoms with Gasteiger partial charge in [0.15, 0.2) is 6.29 Å². The Morgan fingerprint density at radius 3 is 1.53 bits per heavy atom. The molecular formula is C74H73F6N7O9S. The number of phenolic OH excluding ortho intramolecular Hbond substituents is 1. The summed E-state index contributed by atoms with van der Waals surface area (Å²) in [6, 6.07) is 59.3. The van der Waals surface area contributed by atoms with Crippen molar-refractivity contribution < 1.29 is 68.1 Å². The van der Waals surface area contributed by atoms with Crippen LogP contribution in [0.15, 0.2) is 211 Å². The molecule has 0 amide bonds. The zero-order valence-corrected chi connectivity index (χ0v) is 53.4. The normalized spacial score (nSPS) is 14.3. The van der Waals surface area contributed by atoms with Crippen LogP contribution in [0.1, 0.15) is 52.3 Å². The van der Waals surface area contributed by atoms with Gasteiger partial charge in [-0.2, -0.15) is 34.8 Å². The minimum Gasteiger partial charge on any atom is -0.508 e. The van der Waals surface area contributed by atoms with Crippen LogP contribution >= 0.6 is 0 Å². The van der Waals surface area contributed by atoms with E-state index in [9.17, 15) is 45.0 Å². The van der Waals surface area contributed by atoms with Gasteiger partial charge in [0.2, 0.25) is 0 Å². The van der Waals surface area contributed by atoms with Gasteiger partial charge in [0.05, 0.1) is 59.0 Å². The number of epoxide rings is 2. The molecule has 23 heteroatoms. The van der Waals surface area contributed by atoms with Crippen molar-refractivity contribution in [1.82, 2.24) is 20.3 Å². The molecule has 2 fully saturated rings. The van der Waals surface area contributed by atoms with Gasteiger partial charge >= 0.3 is 12.4 Å². The number of alkyl halides is 6. The molecule has 0 saturated carbocycles. The number of anilines is 6. The SMILES string of the molecule is C.Cc1cc(Nc2cc(CO[C@@H](O)CNCc3ccccc3)cc(C(F)(F)F)c2)c2ccccc2n1.Cc1cc(Nc2cc(O)cc(C(F)(F)F)c2)c2ccccc2n1.Cc1cc(Nc2cccc(OC[C@@H]3CO3)c2)c2ccccc2n1.Cc1ccc(S(=O)(=O)OCC2CO2)cc1. The van der Waals surface area contributed by atoms with Crippen LogP contribution in [-0.2, 0) is 54.0 Å². The molecule has 97 heavy (non-hydrogen) atoms. The number of aliphatic hydroxyl groups is 1. The maximum atomic E-state index is 13.6. The van der Waals surface area contributed by atoms with Crippen LogP contribution in [-0.4, -0.2) is 85.1 Å². The van der Waals surface area contributed by atoms with E-state index in [-0.39, 0.29) is 55.7 Å². The Bertz CT molecular complexity index is 4560. The van der Waals surface area contributed by atoms with E-state index < -0.39 is 45.6 Å². The lowest BCUT2D eigenvalue weighted by atomic mass is 10.1. The van der Waals surface area contributed by atoms with Gasteiger partial charge in [-0.1, -0.05) is 116 Å². The first-order valence-corrected chi connectivity index (χ1v) is 31.9. The lowest BCUT2D eigenvalue weighted by Crippen LogP contribution is -2.28. The summed E-state index contributed by atoms with van der Waals surface area (Å²) in [6.07, 6.45) is -10.0. The number of hydrogen-bond donors (Lipinski definition) is 6. The van der Waals surface area contributed by atoms with E-state index in [2.05, 4.69) is 48.4 Å². The number of para-hydroxylation sites is 3. The highest BCUT2D eigenvalue weighted by molar-refractivity contribution is 7.86. The zero-order chi connectivity index (χ0) is 68.0. The number of aromatic hydroxyl groups is 1. The molecule has 2 saturated heterocycles. The van der Waals surface area contributed by atoms with Gasteiger partial charge in [0, 0.05) is 92.6 Å². The number of aliphatic hydroxyl groups excluding tert-OH is 1. The maximum Gasteiger partial charge on any atom is 0.416 e. The van der Waals surface area contributed by atoms with Crippen molar-refractivity contribution in [2.45, 2.75) is 84.0 Å². The molecule has 0 aliphatic carbocycles. The second-order valence-corrected chi connectivity index (χ2v) is 24.3. The van der Waals surface area contributed by atoms with Gasteiger partial charge in [-0.25, -0.2) is 0 Å². The first-order chi connectivity index (χ1) is 46.0. The molecule has 3 atom stereocenters. The van der Waals surface area contributed by atoms with Crippen molar-refractivity contribution in [3.63, 3.8) is 0 Å². The lowest BCUT2D eigenvalue weighted by Gasteiger charge is -2.17. The number of aryl methyl sites for hydroxylation is 4. The van der Waals surface area contributed by atoms with Crippen molar-refractivity contribution in [2.24, 2.45) is 0 Å². The van der Waals surface area contributed by atoms with Gasteiger partial charge in [-0.05, 0) is 130 Å². The third-order valence-corrected chi connectivity index (χ3v) is 16.0. The highest BCUT2D eigenvalue weighted by atomic mass is 32.2. The number of aromatic nitrogens is 3. The van der Waals surface area contributed by atoms with E-state index in [1.54, 1.807) is 49.4 Å². The molecule has 1 unspecified atom stereocenters. The minimum atomic E-state index is -4.53. The third kappa shape index (κ3) is 21.4. The summed E-state index contributed by atoms with van der Waals surface area (Å²) in [7, 11) is -3.61. The first kappa shape index (κ1) is 71.6. The first-order valence-electron chi connectivity index (χ1n) is 30.5. The number of ether oxygens (including phenoxy) is 4. The summed E-state index contributed by atoms with van der Waals surface area (Å²) >= 11 is 0. The zero-order valence-electron chi connectivity index (χ0n) is 52.6. The summed E-state index contributed by atoms with van der Waals surface area (Å²) in [5, 5.41) is 35.0. The highest BCUT2D eigenvalue weighted by Crippen LogP contribution is 2.38. The molecular weight excluding hydrogens is 1280 g/mol. The van der Waals surface area contributed by atoms with Crippen LogP contribution in [0, 0.1) is 27.7 Å². The number of phenols is 1. The number of halogens is 6. The fourth-order valence-electron chi connectivity index (χ4n) is 9.87. The molecule has 506 valence electrons. The quantitative estimate of drug-likeness (QED) is 0.0181. The van der Waals surface area contributed by atoms with Crippen LogP contribution in [0.5, 0.6) is 11.5 Å². The molecule has 11 aromatic rings. The topological polar surface area (TPSA) is 214 Å². The summed E-state index contributed by atoms with van der Waals surface area (Å²) in [4.78, 5) is 13.6. The van der Waals surface area contributed by atoms with Crippen molar-refractivity contribution in [3.05, 3.63) is 251 Å². The maximum absolute atomic E-state index is 13.6. The third-order valence-electron chi connectivity index (χ3n) is 14.7. The monoisotopic (exact) mass is 1350 g/mol. The molecule has 2 aliphatic rings. The number of hydrogen-bond acceptors (Lipinski definition) is 16. The van der Waals surface area contributed by atoms with Gasteiger partial charge < -0.3 is 50.4 Å². The fourth-order valence-corrected chi connectivity index (χ4v) is 10.8. The summed E-state index contributed by atoms with van der Waals surface area (Å²) in [5.74, 6) is 0.401. The van der Waals surface area contributed by atoms with E-state index in [1.807, 2.05) is 142 Å². The number of rotatable bonds is 20. The predicted octanol–water partition coefficient (Wildman–Crippen LogP) is 16.7. The van der Waals surface area contributed by atoms with Gasteiger partial charge in [0.25, 0.3) is 10.1 Å². The Morgan fingerprint density at radius 2 is 1.01 bits per heavy atom. The lowest BCUT2D eigenvalue weighted by molar-refractivity contribution is -0.138. The molecule has 16 nitrogen and oxygen atoms in total. The Morgan fingerprint density at radius 1 is 0.536 bits per heavy atom. The van der Waals surface area contributed by atoms with Crippen LogP contribution in [0.25, 0.3) is 32.7 Å². The summed E-state index contributed by atoms with van der Waals surface area (Å²) in [6.45, 7) is 10.2. The molecule has 0 radical (unpaired) electrons. The van der Waals surface area contributed by atoms with Crippen LogP contribution in [0.3, 0.4) is 0 Å². The minimum absolute atomic E-state index is 0. The predicted molar refractivity (Wildman–Crippen MR) is 365 cm³/mol. The Kier molecular flexibility index (Phi) is 23.9. The number of fused-ring (bicyclic) bond motifs is 3. The van der Waals surface area contributed by atoms with E-state index in [4.69, 9.17) is 23.1 Å². The largest absolute Gasteiger partial charge is 0.508 e. The Balaban J connectivity index is 0.000000157. The Hall–Kier alpha value is -9.72. The van der Waals surface area contributed by atoms with E-state index in [1.165, 1.54) is 6.07 Å². The number of nitrogens with zero attached hydrogens (tertiary/aromatic N) is 3. The van der Waals surface area contributed by atoms with E-state index in [0.29, 0.717) is 42.8 Å². The number of benzene rings is 8. The van der Waals surface area contributed by atoms with Crippen molar-refractivity contribution in [1.29, 1.82) is 0 Å². The summed E-state index contributed by atoms with van der Waals surface area (Å²) in [5.41, 5.74) is 9.37. The molecule has 13 rings (SSSR count). The van der Waals surface area contributed by atoms with Crippen molar-refractivity contribution in [3.8, 4) is 11.5 Å². The standard InChI is InChI=1S/C27H26F3N3O2.C19H18N2O2.C17H13F3N2O.C10H12O4S.CH4/c1-18-11-25(23-9-5-6-10-24(23)32-18)33-22-13-20(12-21(14-22)27(28,29)30)17-35-26(34)16-31-15-19-7-3-2-4-8-19;1-13-9-19(17-7-2-3-8-18(17)20-13)21-14-5-4-6-15(10-14)22-11-16-12-23-16;1-10-6-16(14-4-2-3-5-15(14)21-10)22-12-7-11(17(18,19)20)8-13(23)9-12;1-8-2-4-10(5-3-8)15(11,12)14-7-9-6-13-9;/h2-14,26,31,34H,15-17H2,1H3,(H,32,33);2-10,16H,11-12H2,1H3,(H,20,21);2-9,23H,1H3,(H,21,22);2-5,9H,6-7H2,1H3;1H4/t26-;16-;;;/m11.../s1. The molecule has 0 spiro atoms. The van der Waals surface area contributed by atoms with E-state index >= 15 is 0 Å². The average molecular weight is 1350 g/mol. The van der Waals surface area contributed by atoms with Gasteiger partial charge in [-0.15, -0.1) is 0 Å². The Labute approximate surface area is 558 Å². The van der Waals surface area contributed by atoms with E-state index in [0.717, 1.165) is 103 Å². The molecule has 8 aromatic carbocycles. The molecule has 5 heterocycles. The van der Waals surface area contributed by atoms with Gasteiger partial charge in [0.1, 0.15) is 30.3 Å². The van der Waals surface area contributed by atoms with Crippen LogP contribution < -0.4 is 26.0 Å². The number of pyridine rings is 3. The molecule has 0 bridgehead atoms. The van der Waals surface area contributed by atoms with Crippen LogP contribution in [0.2, 0.25) is 0 Å². The molecule has 6 N–H and O–H groups in total.